The van der Waals surface area contributed by atoms with Crippen LogP contribution in [0.4, 0.5) is 0 Å². The minimum Gasteiger partial charge on any atom is -0.408 e. The van der Waals surface area contributed by atoms with Crippen molar-refractivity contribution < 1.29 is 4.42 Å². The van der Waals surface area contributed by atoms with Gasteiger partial charge in [-0.3, -0.25) is 4.57 Å². The van der Waals surface area contributed by atoms with Crippen LogP contribution in [0.5, 0.6) is 0 Å². The Morgan fingerprint density at radius 2 is 1.88 bits per heavy atom. The average Bonchev–Trinajstić information content (AvgIpc) is 2.65. The summed E-state index contributed by atoms with van der Waals surface area (Å²) in [6, 6.07) is 12.0. The molecule has 0 aliphatic rings. The van der Waals surface area contributed by atoms with Crippen molar-refractivity contribution in [1.82, 2.24) is 4.57 Å². The van der Waals surface area contributed by atoms with Crippen LogP contribution in [0, 0.1) is 0 Å². The van der Waals surface area contributed by atoms with Crippen LogP contribution >= 0.6 is 0 Å². The lowest BCUT2D eigenvalue weighted by molar-refractivity contribution is 0.478. The third-order valence-corrected chi connectivity index (χ3v) is 3.01. The van der Waals surface area contributed by atoms with Gasteiger partial charge in [-0.1, -0.05) is 30.3 Å². The zero-order valence-electron chi connectivity index (χ0n) is 9.81. The summed E-state index contributed by atoms with van der Waals surface area (Å²) in [7, 11) is 0. The predicted molar refractivity (Wildman–Crippen MR) is 68.4 cm³/mol. The summed E-state index contributed by atoms with van der Waals surface area (Å²) in [5, 5.41) is 2.18. The Balaban J connectivity index is 2.60. The number of benzene rings is 2. The monoisotopic (exact) mass is 227 g/mol. The molecule has 0 amide bonds. The number of rotatable bonds is 1. The van der Waals surface area contributed by atoms with E-state index in [-0.39, 0.29) is 11.8 Å². The van der Waals surface area contributed by atoms with Crippen molar-refractivity contribution in [2.45, 2.75) is 19.9 Å². The first kappa shape index (κ1) is 10.1. The van der Waals surface area contributed by atoms with Gasteiger partial charge < -0.3 is 4.42 Å². The number of hydrogen-bond donors (Lipinski definition) is 0. The molecule has 3 nitrogen and oxygen atoms in total. The molecule has 2 aromatic carbocycles. The first-order valence-corrected chi connectivity index (χ1v) is 5.71. The molecular formula is C14H13NO2. The summed E-state index contributed by atoms with van der Waals surface area (Å²) in [5.74, 6) is -0.286. The molecule has 0 atom stereocenters. The standard InChI is InChI=1S/C14H13NO2/c1-9(2)15-13-11-6-4-3-5-10(11)7-8-12(13)17-14(15)16/h3-9H,1-2H3. The van der Waals surface area contributed by atoms with E-state index in [9.17, 15) is 4.79 Å². The van der Waals surface area contributed by atoms with Crippen LogP contribution in [0.3, 0.4) is 0 Å². The van der Waals surface area contributed by atoms with Gasteiger partial charge in [0.15, 0.2) is 5.58 Å². The maximum Gasteiger partial charge on any atom is 0.420 e. The second-order valence-corrected chi connectivity index (χ2v) is 4.47. The minimum atomic E-state index is -0.286. The molecular weight excluding hydrogens is 214 g/mol. The fourth-order valence-electron chi connectivity index (χ4n) is 2.27. The van der Waals surface area contributed by atoms with E-state index in [4.69, 9.17) is 4.42 Å². The highest BCUT2D eigenvalue weighted by atomic mass is 16.4. The summed E-state index contributed by atoms with van der Waals surface area (Å²) in [6.45, 7) is 3.97. The Hall–Kier alpha value is -2.03. The van der Waals surface area contributed by atoms with E-state index in [0.717, 1.165) is 16.3 Å². The van der Waals surface area contributed by atoms with Crippen LogP contribution in [0.1, 0.15) is 19.9 Å². The van der Waals surface area contributed by atoms with Crippen LogP contribution in [0.25, 0.3) is 21.9 Å². The van der Waals surface area contributed by atoms with E-state index < -0.39 is 0 Å². The molecule has 0 saturated heterocycles. The molecule has 0 aliphatic carbocycles. The van der Waals surface area contributed by atoms with Crippen molar-refractivity contribution in [1.29, 1.82) is 0 Å². The van der Waals surface area contributed by atoms with E-state index in [1.807, 2.05) is 50.2 Å². The van der Waals surface area contributed by atoms with Gasteiger partial charge in [0.1, 0.15) is 0 Å². The van der Waals surface area contributed by atoms with Crippen LogP contribution in [-0.4, -0.2) is 4.57 Å². The van der Waals surface area contributed by atoms with E-state index >= 15 is 0 Å². The van der Waals surface area contributed by atoms with Gasteiger partial charge in [0.05, 0.1) is 5.52 Å². The second-order valence-electron chi connectivity index (χ2n) is 4.47. The van der Waals surface area contributed by atoms with Gasteiger partial charge in [-0.05, 0) is 25.3 Å². The van der Waals surface area contributed by atoms with Crippen LogP contribution < -0.4 is 5.76 Å². The maximum atomic E-state index is 11.8. The normalized spacial score (nSPS) is 11.7. The average molecular weight is 227 g/mol. The lowest BCUT2D eigenvalue weighted by atomic mass is 10.1. The van der Waals surface area contributed by atoms with E-state index in [1.165, 1.54) is 0 Å². The van der Waals surface area contributed by atoms with Gasteiger partial charge in [0.2, 0.25) is 0 Å². The third-order valence-electron chi connectivity index (χ3n) is 3.01. The molecule has 0 aliphatic heterocycles. The van der Waals surface area contributed by atoms with Crippen molar-refractivity contribution in [3.05, 3.63) is 46.9 Å². The Bertz CT molecular complexity index is 750. The fraction of sp³-hybridized carbons (Fsp3) is 0.214. The number of oxazole rings is 1. The van der Waals surface area contributed by atoms with Crippen LogP contribution in [0.15, 0.2) is 45.6 Å². The van der Waals surface area contributed by atoms with Gasteiger partial charge in [-0.2, -0.15) is 0 Å². The molecule has 0 fully saturated rings. The third kappa shape index (κ3) is 1.39. The Kier molecular flexibility index (Phi) is 2.08. The molecule has 0 N–H and O–H groups in total. The van der Waals surface area contributed by atoms with Gasteiger partial charge in [-0.15, -0.1) is 0 Å². The van der Waals surface area contributed by atoms with Crippen molar-refractivity contribution in [3.8, 4) is 0 Å². The lowest BCUT2D eigenvalue weighted by Gasteiger charge is -2.07. The molecule has 3 aromatic rings. The van der Waals surface area contributed by atoms with Crippen LogP contribution in [-0.2, 0) is 0 Å². The minimum absolute atomic E-state index is 0.0922. The van der Waals surface area contributed by atoms with Crippen molar-refractivity contribution in [2.75, 3.05) is 0 Å². The lowest BCUT2D eigenvalue weighted by Crippen LogP contribution is -2.16. The molecule has 0 bridgehead atoms. The van der Waals surface area contributed by atoms with E-state index in [1.54, 1.807) is 4.57 Å². The largest absolute Gasteiger partial charge is 0.420 e. The van der Waals surface area contributed by atoms with Crippen molar-refractivity contribution in [2.24, 2.45) is 0 Å². The molecule has 86 valence electrons. The number of fused-ring (bicyclic) bond motifs is 3. The van der Waals surface area contributed by atoms with Gasteiger partial charge >= 0.3 is 5.76 Å². The summed E-state index contributed by atoms with van der Waals surface area (Å²) in [6.07, 6.45) is 0. The quantitative estimate of drug-likeness (QED) is 0.639. The summed E-state index contributed by atoms with van der Waals surface area (Å²) >= 11 is 0. The zero-order valence-corrected chi connectivity index (χ0v) is 9.81. The Labute approximate surface area is 98.3 Å². The fourth-order valence-corrected chi connectivity index (χ4v) is 2.27. The van der Waals surface area contributed by atoms with Gasteiger partial charge in [0.25, 0.3) is 0 Å². The van der Waals surface area contributed by atoms with Crippen LogP contribution in [0.2, 0.25) is 0 Å². The van der Waals surface area contributed by atoms with Gasteiger partial charge in [0, 0.05) is 11.4 Å². The molecule has 3 rings (SSSR count). The molecule has 0 spiro atoms. The summed E-state index contributed by atoms with van der Waals surface area (Å²) < 4.78 is 6.98. The van der Waals surface area contributed by atoms with Crippen molar-refractivity contribution >= 4 is 21.9 Å². The highest BCUT2D eigenvalue weighted by molar-refractivity contribution is 6.03. The SMILES string of the molecule is CC(C)n1c(=O)oc2ccc3ccccc3c21. The molecule has 0 saturated carbocycles. The topological polar surface area (TPSA) is 35.1 Å². The zero-order chi connectivity index (χ0) is 12.0. The first-order valence-electron chi connectivity index (χ1n) is 5.71. The molecule has 0 unspecified atom stereocenters. The molecule has 1 heterocycles. The predicted octanol–water partition coefficient (Wildman–Crippen LogP) is 3.33. The highest BCUT2D eigenvalue weighted by Gasteiger charge is 2.14. The molecule has 1 aromatic heterocycles. The van der Waals surface area contributed by atoms with Crippen molar-refractivity contribution in [3.63, 3.8) is 0 Å². The van der Waals surface area contributed by atoms with Gasteiger partial charge in [-0.25, -0.2) is 4.79 Å². The highest BCUT2D eigenvalue weighted by Crippen LogP contribution is 2.26. The van der Waals surface area contributed by atoms with E-state index in [0.29, 0.717) is 5.58 Å². The number of aromatic nitrogens is 1. The maximum absolute atomic E-state index is 11.8. The first-order chi connectivity index (χ1) is 8.18. The Morgan fingerprint density at radius 1 is 1.12 bits per heavy atom. The molecule has 17 heavy (non-hydrogen) atoms. The number of hydrogen-bond acceptors (Lipinski definition) is 2. The summed E-state index contributed by atoms with van der Waals surface area (Å²) in [4.78, 5) is 11.8. The summed E-state index contributed by atoms with van der Waals surface area (Å²) in [5.41, 5.74) is 1.55. The smallest absolute Gasteiger partial charge is 0.408 e. The second kappa shape index (κ2) is 3.48. The molecule has 0 radical (unpaired) electrons. The Morgan fingerprint density at radius 3 is 2.65 bits per heavy atom. The number of nitrogens with zero attached hydrogens (tertiary/aromatic N) is 1. The van der Waals surface area contributed by atoms with E-state index in [2.05, 4.69) is 0 Å². The molecule has 3 heteroatoms.